The Bertz CT molecular complexity index is 138. The van der Waals surface area contributed by atoms with E-state index < -0.39 is 14.1 Å². The predicted octanol–water partition coefficient (Wildman–Crippen LogP) is -0.0848. The molecule has 6 nitrogen and oxygen atoms in total. The van der Waals surface area contributed by atoms with Crippen LogP contribution in [0.4, 0.5) is 0 Å². The highest BCUT2D eigenvalue weighted by Crippen LogP contribution is 2.25. The third kappa shape index (κ3) is 47.8. The number of hydrogen-bond acceptors (Lipinski definition) is 3. The molecule has 7 heteroatoms. The van der Waals surface area contributed by atoms with Gasteiger partial charge in [-0.15, -0.1) is 0 Å². The number of aliphatic hydroxyl groups is 1. The van der Waals surface area contributed by atoms with E-state index in [1.165, 1.54) is 12.8 Å². The number of nitrogens with two attached hydrogens (primary N) is 1. The van der Waals surface area contributed by atoms with Gasteiger partial charge in [-0.2, -0.15) is 0 Å². The van der Waals surface area contributed by atoms with E-state index in [-0.39, 0.29) is 0 Å². The SMILES string of the molecule is CCCCCC(N)O.O=P(O)(O)O. The molecule has 0 aliphatic heterocycles. The molecule has 0 fully saturated rings. The topological polar surface area (TPSA) is 124 Å². The van der Waals surface area contributed by atoms with Crippen LogP contribution in [0, 0.1) is 0 Å². The summed E-state index contributed by atoms with van der Waals surface area (Å²) < 4.78 is 8.88. The van der Waals surface area contributed by atoms with Gasteiger partial charge < -0.3 is 25.5 Å². The average molecular weight is 215 g/mol. The lowest BCUT2D eigenvalue weighted by Crippen LogP contribution is -2.17. The Morgan fingerprint density at radius 1 is 1.31 bits per heavy atom. The third-order valence-corrected chi connectivity index (χ3v) is 1.10. The van der Waals surface area contributed by atoms with E-state index in [2.05, 4.69) is 6.92 Å². The molecule has 0 aliphatic carbocycles. The molecule has 0 heterocycles. The number of unbranched alkanes of at least 4 members (excludes halogenated alkanes) is 2. The molecule has 0 aromatic heterocycles. The summed E-state index contributed by atoms with van der Waals surface area (Å²) in [6, 6.07) is 0. The molecular formula is C6H18NO5P. The van der Waals surface area contributed by atoms with Crippen LogP contribution < -0.4 is 5.73 Å². The third-order valence-electron chi connectivity index (χ3n) is 1.10. The molecule has 0 aromatic carbocycles. The highest BCUT2D eigenvalue weighted by molar-refractivity contribution is 7.45. The van der Waals surface area contributed by atoms with Crippen molar-refractivity contribution in [3.63, 3.8) is 0 Å². The van der Waals surface area contributed by atoms with Crippen LogP contribution in [-0.4, -0.2) is 26.0 Å². The predicted molar refractivity (Wildman–Crippen MR) is 48.6 cm³/mol. The summed E-state index contributed by atoms with van der Waals surface area (Å²) in [5.74, 6) is 0. The van der Waals surface area contributed by atoms with Crippen molar-refractivity contribution < 1.29 is 24.4 Å². The van der Waals surface area contributed by atoms with Gasteiger partial charge in [0.1, 0.15) is 6.23 Å². The van der Waals surface area contributed by atoms with Crippen molar-refractivity contribution in [1.82, 2.24) is 0 Å². The van der Waals surface area contributed by atoms with Gasteiger partial charge in [0.05, 0.1) is 0 Å². The number of hydrogen-bond donors (Lipinski definition) is 5. The summed E-state index contributed by atoms with van der Waals surface area (Å²) in [4.78, 5) is 21.6. The summed E-state index contributed by atoms with van der Waals surface area (Å²) in [7, 11) is -4.64. The molecule has 0 aromatic rings. The highest BCUT2D eigenvalue weighted by Gasteiger charge is 2.00. The lowest BCUT2D eigenvalue weighted by atomic mass is 10.2. The van der Waals surface area contributed by atoms with Gasteiger partial charge in [-0.05, 0) is 12.8 Å². The minimum Gasteiger partial charge on any atom is -0.379 e. The molecule has 6 N–H and O–H groups in total. The fraction of sp³-hybridized carbons (Fsp3) is 1.00. The maximum absolute atomic E-state index is 8.88. The van der Waals surface area contributed by atoms with Gasteiger partial charge in [-0.3, -0.25) is 0 Å². The van der Waals surface area contributed by atoms with Crippen LogP contribution in [0.5, 0.6) is 0 Å². The van der Waals surface area contributed by atoms with E-state index in [0.717, 1.165) is 12.8 Å². The van der Waals surface area contributed by atoms with Crippen molar-refractivity contribution in [1.29, 1.82) is 0 Å². The van der Waals surface area contributed by atoms with Gasteiger partial charge in [0, 0.05) is 0 Å². The Kier molecular flexibility index (Phi) is 10.3. The zero-order valence-corrected chi connectivity index (χ0v) is 8.52. The molecule has 13 heavy (non-hydrogen) atoms. The fourth-order valence-corrected chi connectivity index (χ4v) is 0.603. The molecule has 0 aliphatic rings. The molecule has 1 atom stereocenters. The van der Waals surface area contributed by atoms with E-state index in [0.29, 0.717) is 0 Å². The number of rotatable bonds is 4. The summed E-state index contributed by atoms with van der Waals surface area (Å²) >= 11 is 0. The van der Waals surface area contributed by atoms with Gasteiger partial charge in [0.15, 0.2) is 0 Å². The van der Waals surface area contributed by atoms with Crippen molar-refractivity contribution in [3.05, 3.63) is 0 Å². The average Bonchev–Trinajstić information content (AvgIpc) is 1.83. The molecule has 0 rings (SSSR count). The van der Waals surface area contributed by atoms with E-state index in [9.17, 15) is 0 Å². The van der Waals surface area contributed by atoms with Crippen LogP contribution >= 0.6 is 7.82 Å². The maximum Gasteiger partial charge on any atom is 0.466 e. The largest absolute Gasteiger partial charge is 0.466 e. The lowest BCUT2D eigenvalue weighted by Gasteiger charge is -2.00. The van der Waals surface area contributed by atoms with Gasteiger partial charge in [0.2, 0.25) is 0 Å². The molecule has 1 unspecified atom stereocenters. The second-order valence-electron chi connectivity index (χ2n) is 2.58. The Labute approximate surface area is 77.6 Å². The van der Waals surface area contributed by atoms with E-state index in [1.807, 2.05) is 0 Å². The molecular weight excluding hydrogens is 197 g/mol. The quantitative estimate of drug-likeness (QED) is 0.254. The maximum atomic E-state index is 8.88. The van der Waals surface area contributed by atoms with E-state index >= 15 is 0 Å². The monoisotopic (exact) mass is 215 g/mol. The molecule has 0 amide bonds. The first kappa shape index (κ1) is 15.5. The standard InChI is InChI=1S/C6H15NO.H3O4P/c1-2-3-4-5-6(7)8;1-5(2,3)4/h6,8H,2-5,7H2,1H3;(H3,1,2,3,4). The van der Waals surface area contributed by atoms with E-state index in [4.69, 9.17) is 30.1 Å². The van der Waals surface area contributed by atoms with E-state index in [1.54, 1.807) is 0 Å². The Hall–Kier alpha value is 0.0300. The van der Waals surface area contributed by atoms with Crippen molar-refractivity contribution in [2.24, 2.45) is 5.73 Å². The van der Waals surface area contributed by atoms with Gasteiger partial charge >= 0.3 is 7.82 Å². The number of aliphatic hydroxyl groups excluding tert-OH is 1. The zero-order valence-electron chi connectivity index (χ0n) is 7.63. The molecule has 0 saturated carbocycles. The zero-order chi connectivity index (χ0) is 10.9. The first-order valence-corrected chi connectivity index (χ1v) is 5.55. The Morgan fingerprint density at radius 2 is 1.69 bits per heavy atom. The van der Waals surface area contributed by atoms with Crippen LogP contribution in [0.15, 0.2) is 0 Å². The Morgan fingerprint density at radius 3 is 1.92 bits per heavy atom. The second kappa shape index (κ2) is 8.62. The van der Waals surface area contributed by atoms with Gasteiger partial charge in [0.25, 0.3) is 0 Å². The van der Waals surface area contributed by atoms with Gasteiger partial charge in [-0.1, -0.05) is 19.8 Å². The minimum absolute atomic E-state index is 0.596. The van der Waals surface area contributed by atoms with Crippen LogP contribution in [0.1, 0.15) is 32.6 Å². The first-order chi connectivity index (χ1) is 5.77. The fourth-order valence-electron chi connectivity index (χ4n) is 0.603. The van der Waals surface area contributed by atoms with Crippen LogP contribution in [0.2, 0.25) is 0 Å². The molecule has 0 radical (unpaired) electrons. The van der Waals surface area contributed by atoms with Crippen molar-refractivity contribution in [2.45, 2.75) is 38.8 Å². The molecule has 0 spiro atoms. The summed E-state index contributed by atoms with van der Waals surface area (Å²) in [5.41, 5.74) is 5.09. The highest BCUT2D eigenvalue weighted by atomic mass is 31.2. The smallest absolute Gasteiger partial charge is 0.379 e. The van der Waals surface area contributed by atoms with Gasteiger partial charge in [-0.25, -0.2) is 4.57 Å². The van der Waals surface area contributed by atoms with Crippen LogP contribution in [-0.2, 0) is 4.57 Å². The first-order valence-electron chi connectivity index (χ1n) is 3.99. The molecule has 82 valence electrons. The molecule has 0 bridgehead atoms. The van der Waals surface area contributed by atoms with Crippen molar-refractivity contribution in [2.75, 3.05) is 0 Å². The minimum atomic E-state index is -4.64. The Balaban J connectivity index is 0. The number of phosphoric acid groups is 1. The van der Waals surface area contributed by atoms with Crippen LogP contribution in [0.25, 0.3) is 0 Å². The molecule has 0 saturated heterocycles. The summed E-state index contributed by atoms with van der Waals surface area (Å²) in [6.45, 7) is 2.13. The summed E-state index contributed by atoms with van der Waals surface area (Å²) in [5, 5.41) is 8.56. The summed E-state index contributed by atoms with van der Waals surface area (Å²) in [6.07, 6.45) is 3.56. The van der Waals surface area contributed by atoms with Crippen LogP contribution in [0.3, 0.4) is 0 Å². The van der Waals surface area contributed by atoms with Crippen molar-refractivity contribution in [3.8, 4) is 0 Å². The lowest BCUT2D eigenvalue weighted by molar-refractivity contribution is 0.168. The second-order valence-corrected chi connectivity index (χ2v) is 3.60. The van der Waals surface area contributed by atoms with Crippen molar-refractivity contribution >= 4 is 7.82 Å². The normalized spacial score (nSPS) is 13.1.